The molecule has 0 atom stereocenters. The van der Waals surface area contributed by atoms with Gasteiger partial charge in [-0.3, -0.25) is 4.79 Å². The van der Waals surface area contributed by atoms with Crippen LogP contribution >= 0.6 is 0 Å². The lowest BCUT2D eigenvalue weighted by Gasteiger charge is -2.03. The monoisotopic (exact) mass is 292 g/mol. The SMILES string of the molecule is Cc1ccc(NC(=O)Cc2cc(-c3ccccc3)on2)cc1. The minimum Gasteiger partial charge on any atom is -0.356 e. The molecule has 0 bridgehead atoms. The van der Waals surface area contributed by atoms with Crippen LogP contribution in [0.3, 0.4) is 0 Å². The third-order valence-corrected chi connectivity index (χ3v) is 3.29. The van der Waals surface area contributed by atoms with Crippen molar-refractivity contribution in [2.24, 2.45) is 0 Å². The maximum Gasteiger partial charge on any atom is 0.230 e. The first-order valence-corrected chi connectivity index (χ1v) is 7.08. The van der Waals surface area contributed by atoms with Gasteiger partial charge in [0, 0.05) is 17.3 Å². The summed E-state index contributed by atoms with van der Waals surface area (Å²) >= 11 is 0. The Hall–Kier alpha value is -2.88. The fraction of sp³-hybridized carbons (Fsp3) is 0.111. The van der Waals surface area contributed by atoms with E-state index in [-0.39, 0.29) is 12.3 Å². The van der Waals surface area contributed by atoms with Gasteiger partial charge in [-0.1, -0.05) is 53.2 Å². The van der Waals surface area contributed by atoms with Crippen LogP contribution in [0.25, 0.3) is 11.3 Å². The van der Waals surface area contributed by atoms with E-state index in [1.807, 2.05) is 61.5 Å². The number of amides is 1. The summed E-state index contributed by atoms with van der Waals surface area (Å²) in [4.78, 5) is 12.0. The van der Waals surface area contributed by atoms with Gasteiger partial charge < -0.3 is 9.84 Å². The van der Waals surface area contributed by atoms with E-state index >= 15 is 0 Å². The molecule has 110 valence electrons. The van der Waals surface area contributed by atoms with Gasteiger partial charge in [0.2, 0.25) is 5.91 Å². The Morgan fingerprint density at radius 3 is 2.55 bits per heavy atom. The standard InChI is InChI=1S/C18H16N2O2/c1-13-7-9-15(10-8-13)19-18(21)12-16-11-17(22-20-16)14-5-3-2-4-6-14/h2-11H,12H2,1H3,(H,19,21). The predicted molar refractivity (Wildman–Crippen MR) is 85.5 cm³/mol. The Bertz CT molecular complexity index is 761. The van der Waals surface area contributed by atoms with Gasteiger partial charge in [0.05, 0.1) is 12.1 Å². The number of benzene rings is 2. The Labute approximate surface area is 128 Å². The maximum atomic E-state index is 12.0. The van der Waals surface area contributed by atoms with Gasteiger partial charge >= 0.3 is 0 Å². The molecule has 3 aromatic rings. The lowest BCUT2D eigenvalue weighted by molar-refractivity contribution is -0.115. The van der Waals surface area contributed by atoms with Crippen molar-refractivity contribution in [1.82, 2.24) is 5.16 Å². The van der Waals surface area contributed by atoms with E-state index in [1.165, 1.54) is 0 Å². The van der Waals surface area contributed by atoms with E-state index in [9.17, 15) is 4.79 Å². The molecule has 0 radical (unpaired) electrons. The normalized spacial score (nSPS) is 10.4. The molecule has 1 heterocycles. The largest absolute Gasteiger partial charge is 0.356 e. The second-order valence-electron chi connectivity index (χ2n) is 5.14. The molecule has 0 fully saturated rings. The third kappa shape index (κ3) is 3.41. The van der Waals surface area contributed by atoms with Crippen molar-refractivity contribution in [1.29, 1.82) is 0 Å². The highest BCUT2D eigenvalue weighted by Gasteiger charge is 2.10. The van der Waals surface area contributed by atoms with Crippen LogP contribution < -0.4 is 5.32 Å². The summed E-state index contributed by atoms with van der Waals surface area (Å²) in [6.07, 6.45) is 0.185. The number of nitrogens with zero attached hydrogens (tertiary/aromatic N) is 1. The minimum absolute atomic E-state index is 0.114. The molecule has 2 aromatic carbocycles. The first-order chi connectivity index (χ1) is 10.7. The van der Waals surface area contributed by atoms with Crippen molar-refractivity contribution >= 4 is 11.6 Å². The Morgan fingerprint density at radius 1 is 1.09 bits per heavy atom. The van der Waals surface area contributed by atoms with Gasteiger partial charge in [0.25, 0.3) is 0 Å². The van der Waals surface area contributed by atoms with Crippen molar-refractivity contribution in [3.05, 3.63) is 71.9 Å². The summed E-state index contributed by atoms with van der Waals surface area (Å²) < 4.78 is 5.29. The highest BCUT2D eigenvalue weighted by atomic mass is 16.5. The summed E-state index contributed by atoms with van der Waals surface area (Å²) in [7, 11) is 0. The number of hydrogen-bond donors (Lipinski definition) is 1. The second-order valence-corrected chi connectivity index (χ2v) is 5.14. The minimum atomic E-state index is -0.114. The van der Waals surface area contributed by atoms with E-state index in [0.717, 1.165) is 16.8 Å². The van der Waals surface area contributed by atoms with Crippen molar-refractivity contribution in [3.63, 3.8) is 0 Å². The summed E-state index contributed by atoms with van der Waals surface area (Å²) in [5.74, 6) is 0.551. The molecular formula is C18H16N2O2. The lowest BCUT2D eigenvalue weighted by atomic mass is 10.1. The Morgan fingerprint density at radius 2 is 1.82 bits per heavy atom. The zero-order valence-corrected chi connectivity index (χ0v) is 12.2. The third-order valence-electron chi connectivity index (χ3n) is 3.29. The average molecular weight is 292 g/mol. The molecule has 0 spiro atoms. The fourth-order valence-electron chi connectivity index (χ4n) is 2.14. The van der Waals surface area contributed by atoms with Crippen LogP contribution in [0.4, 0.5) is 5.69 Å². The first kappa shape index (κ1) is 14.1. The number of hydrogen-bond acceptors (Lipinski definition) is 3. The van der Waals surface area contributed by atoms with E-state index in [2.05, 4.69) is 10.5 Å². The molecule has 1 N–H and O–H groups in total. The van der Waals surface area contributed by atoms with Crippen LogP contribution in [-0.4, -0.2) is 11.1 Å². The molecule has 3 rings (SSSR count). The van der Waals surface area contributed by atoms with Crippen molar-refractivity contribution in [2.45, 2.75) is 13.3 Å². The molecule has 0 aliphatic carbocycles. The lowest BCUT2D eigenvalue weighted by Crippen LogP contribution is -2.14. The molecule has 0 aliphatic rings. The van der Waals surface area contributed by atoms with Crippen LogP contribution in [0.2, 0.25) is 0 Å². The van der Waals surface area contributed by atoms with Crippen molar-refractivity contribution < 1.29 is 9.32 Å². The number of rotatable bonds is 4. The van der Waals surface area contributed by atoms with Gasteiger partial charge in [0.1, 0.15) is 0 Å². The molecule has 22 heavy (non-hydrogen) atoms. The molecular weight excluding hydrogens is 276 g/mol. The maximum absolute atomic E-state index is 12.0. The first-order valence-electron chi connectivity index (χ1n) is 7.08. The molecule has 1 aromatic heterocycles. The number of aromatic nitrogens is 1. The van der Waals surface area contributed by atoms with E-state index in [1.54, 1.807) is 6.07 Å². The highest BCUT2D eigenvalue weighted by molar-refractivity contribution is 5.92. The van der Waals surface area contributed by atoms with Crippen LogP contribution in [0, 0.1) is 6.92 Å². The van der Waals surface area contributed by atoms with Crippen LogP contribution in [-0.2, 0) is 11.2 Å². The van der Waals surface area contributed by atoms with Gasteiger partial charge in [-0.15, -0.1) is 0 Å². The second kappa shape index (κ2) is 6.26. The van der Waals surface area contributed by atoms with Gasteiger partial charge in [-0.25, -0.2) is 0 Å². The van der Waals surface area contributed by atoms with Gasteiger partial charge in [-0.2, -0.15) is 0 Å². The number of nitrogens with one attached hydrogen (secondary N) is 1. The van der Waals surface area contributed by atoms with Gasteiger partial charge in [-0.05, 0) is 19.1 Å². The molecule has 0 unspecified atom stereocenters. The molecule has 0 saturated carbocycles. The predicted octanol–water partition coefficient (Wildman–Crippen LogP) is 3.83. The molecule has 0 aliphatic heterocycles. The molecule has 4 nitrogen and oxygen atoms in total. The number of carbonyl (C=O) groups excluding carboxylic acids is 1. The van der Waals surface area contributed by atoms with Crippen molar-refractivity contribution in [2.75, 3.05) is 5.32 Å². The Balaban J connectivity index is 1.65. The van der Waals surface area contributed by atoms with Crippen molar-refractivity contribution in [3.8, 4) is 11.3 Å². The highest BCUT2D eigenvalue weighted by Crippen LogP contribution is 2.20. The average Bonchev–Trinajstić information content (AvgIpc) is 2.99. The topological polar surface area (TPSA) is 55.1 Å². The number of aryl methyl sites for hydroxylation is 1. The summed E-state index contributed by atoms with van der Waals surface area (Å²) in [6, 6.07) is 19.2. The quantitative estimate of drug-likeness (QED) is 0.795. The van der Waals surface area contributed by atoms with E-state index in [0.29, 0.717) is 11.5 Å². The summed E-state index contributed by atoms with van der Waals surface area (Å²) in [5.41, 5.74) is 3.49. The zero-order valence-electron chi connectivity index (χ0n) is 12.2. The molecule has 0 saturated heterocycles. The number of anilines is 1. The molecule has 4 heteroatoms. The zero-order chi connectivity index (χ0) is 15.4. The van der Waals surface area contributed by atoms with E-state index in [4.69, 9.17) is 4.52 Å². The van der Waals surface area contributed by atoms with Crippen LogP contribution in [0.5, 0.6) is 0 Å². The summed E-state index contributed by atoms with van der Waals surface area (Å²) in [5, 5.41) is 6.80. The molecule has 1 amide bonds. The fourth-order valence-corrected chi connectivity index (χ4v) is 2.14. The number of carbonyl (C=O) groups is 1. The summed E-state index contributed by atoms with van der Waals surface area (Å²) in [6.45, 7) is 2.01. The van der Waals surface area contributed by atoms with E-state index < -0.39 is 0 Å². The van der Waals surface area contributed by atoms with Gasteiger partial charge in [0.15, 0.2) is 5.76 Å². The van der Waals surface area contributed by atoms with Crippen LogP contribution in [0.1, 0.15) is 11.3 Å². The smallest absolute Gasteiger partial charge is 0.230 e. The Kier molecular flexibility index (Phi) is 4.01. The van der Waals surface area contributed by atoms with Crippen LogP contribution in [0.15, 0.2) is 65.2 Å².